The number of ether oxygens (including phenoxy) is 2. The normalized spacial score (nSPS) is 19.6. The number of amides is 1. The quantitative estimate of drug-likeness (QED) is 0.383. The van der Waals surface area contributed by atoms with Crippen LogP contribution < -0.4 is 14.4 Å². The average Bonchev–Trinajstić information content (AvgIpc) is 3.34. The zero-order chi connectivity index (χ0) is 21.5. The van der Waals surface area contributed by atoms with E-state index in [1.165, 1.54) is 16.2 Å². The molecule has 0 spiro atoms. The summed E-state index contributed by atoms with van der Waals surface area (Å²) in [6.07, 6.45) is 0. The second-order valence-electron chi connectivity index (χ2n) is 7.04. The van der Waals surface area contributed by atoms with Gasteiger partial charge in [0, 0.05) is 5.56 Å². The Morgan fingerprint density at radius 2 is 1.81 bits per heavy atom. The molecule has 1 atom stereocenters. The third kappa shape index (κ3) is 3.23. The highest BCUT2D eigenvalue weighted by Crippen LogP contribution is 2.43. The molecule has 156 valence electrons. The molecule has 3 heterocycles. The van der Waals surface area contributed by atoms with Crippen molar-refractivity contribution < 1.29 is 24.2 Å². The molecule has 0 aliphatic carbocycles. The van der Waals surface area contributed by atoms with Gasteiger partial charge in [-0.2, -0.15) is 0 Å². The van der Waals surface area contributed by atoms with Gasteiger partial charge in [-0.3, -0.25) is 14.5 Å². The SMILES string of the molecule is Cc1nnc(N2C(=O)C(=O)C(=C(O)c3ccc4c(c3)OCCO4)[C@H]2c2ccccc2)s1. The van der Waals surface area contributed by atoms with Crippen molar-refractivity contribution in [3.63, 3.8) is 0 Å². The van der Waals surface area contributed by atoms with Crippen LogP contribution in [-0.4, -0.2) is 40.2 Å². The second kappa shape index (κ2) is 7.51. The van der Waals surface area contributed by atoms with Crippen molar-refractivity contribution in [2.45, 2.75) is 13.0 Å². The summed E-state index contributed by atoms with van der Waals surface area (Å²) in [7, 11) is 0. The number of nitrogens with zero attached hydrogens (tertiary/aromatic N) is 3. The summed E-state index contributed by atoms with van der Waals surface area (Å²) in [6.45, 7) is 2.60. The Morgan fingerprint density at radius 1 is 1.06 bits per heavy atom. The van der Waals surface area contributed by atoms with Gasteiger partial charge in [0.25, 0.3) is 5.78 Å². The number of aliphatic hydroxyl groups excluding tert-OH is 1. The van der Waals surface area contributed by atoms with Crippen LogP contribution in [0.1, 0.15) is 22.2 Å². The van der Waals surface area contributed by atoms with E-state index in [2.05, 4.69) is 10.2 Å². The highest BCUT2D eigenvalue weighted by Gasteiger charge is 2.48. The topological polar surface area (TPSA) is 102 Å². The molecule has 2 aliphatic rings. The smallest absolute Gasteiger partial charge is 0.301 e. The van der Waals surface area contributed by atoms with E-state index >= 15 is 0 Å². The lowest BCUT2D eigenvalue weighted by Gasteiger charge is -2.23. The number of Topliss-reactive ketones (excluding diaryl/α,β-unsaturated/α-hetero) is 1. The van der Waals surface area contributed by atoms with Crippen LogP contribution in [0.5, 0.6) is 11.5 Å². The molecule has 0 unspecified atom stereocenters. The van der Waals surface area contributed by atoms with Crippen LogP contribution in [0.3, 0.4) is 0 Å². The molecule has 2 aliphatic heterocycles. The standard InChI is InChI=1S/C22H17N3O5S/c1-12-23-24-22(31-12)25-18(13-5-3-2-4-6-13)17(20(27)21(25)28)19(26)14-7-8-15-16(11-14)30-10-9-29-15/h2-8,11,18,26H,9-10H2,1H3/t18-/m1/s1. The lowest BCUT2D eigenvalue weighted by atomic mass is 9.95. The Labute approximate surface area is 181 Å². The highest BCUT2D eigenvalue weighted by molar-refractivity contribution is 7.15. The Morgan fingerprint density at radius 3 is 2.52 bits per heavy atom. The van der Waals surface area contributed by atoms with Crippen LogP contribution >= 0.6 is 11.3 Å². The lowest BCUT2D eigenvalue weighted by molar-refractivity contribution is -0.132. The number of hydrogen-bond acceptors (Lipinski definition) is 8. The highest BCUT2D eigenvalue weighted by atomic mass is 32.1. The summed E-state index contributed by atoms with van der Waals surface area (Å²) in [5, 5.41) is 20.2. The Bertz CT molecular complexity index is 1220. The Kier molecular flexibility index (Phi) is 4.67. The third-order valence-electron chi connectivity index (χ3n) is 5.10. The predicted octanol–water partition coefficient (Wildman–Crippen LogP) is 3.24. The van der Waals surface area contributed by atoms with E-state index in [1.807, 2.05) is 18.2 Å². The fraction of sp³-hybridized carbons (Fsp3) is 0.182. The minimum Gasteiger partial charge on any atom is -0.507 e. The average molecular weight is 435 g/mol. The molecule has 1 N–H and O–H groups in total. The van der Waals surface area contributed by atoms with Gasteiger partial charge < -0.3 is 14.6 Å². The molecule has 8 nitrogen and oxygen atoms in total. The zero-order valence-electron chi connectivity index (χ0n) is 16.4. The first-order chi connectivity index (χ1) is 15.0. The van der Waals surface area contributed by atoms with Crippen LogP contribution in [0.15, 0.2) is 54.1 Å². The van der Waals surface area contributed by atoms with E-state index in [1.54, 1.807) is 37.3 Å². The third-order valence-corrected chi connectivity index (χ3v) is 5.93. The minimum absolute atomic E-state index is 0.0132. The van der Waals surface area contributed by atoms with Crippen LogP contribution in [-0.2, 0) is 9.59 Å². The number of benzene rings is 2. The van der Waals surface area contributed by atoms with Crippen LogP contribution in [0.25, 0.3) is 5.76 Å². The van der Waals surface area contributed by atoms with Gasteiger partial charge in [-0.1, -0.05) is 41.7 Å². The van der Waals surface area contributed by atoms with Gasteiger partial charge in [0.05, 0.1) is 11.6 Å². The maximum absolute atomic E-state index is 13.1. The van der Waals surface area contributed by atoms with Gasteiger partial charge in [0.1, 0.15) is 24.0 Å². The largest absolute Gasteiger partial charge is 0.507 e. The van der Waals surface area contributed by atoms with Gasteiger partial charge in [-0.15, -0.1) is 10.2 Å². The number of rotatable bonds is 3. The van der Waals surface area contributed by atoms with Crippen molar-refractivity contribution in [2.24, 2.45) is 0 Å². The first-order valence-electron chi connectivity index (χ1n) is 9.60. The number of fused-ring (bicyclic) bond motifs is 1. The summed E-state index contributed by atoms with van der Waals surface area (Å²) in [5.74, 6) is -0.793. The first kappa shape index (κ1) is 19.3. The maximum Gasteiger partial charge on any atom is 0.301 e. The minimum atomic E-state index is -0.832. The number of hydrogen-bond donors (Lipinski definition) is 1. The number of ketones is 1. The van der Waals surface area contributed by atoms with E-state index in [-0.39, 0.29) is 11.3 Å². The summed E-state index contributed by atoms with van der Waals surface area (Å²) >= 11 is 1.21. The van der Waals surface area contributed by atoms with Gasteiger partial charge in [-0.05, 0) is 30.7 Å². The summed E-state index contributed by atoms with van der Waals surface area (Å²) in [5.41, 5.74) is 1.02. The molecule has 1 aromatic heterocycles. The van der Waals surface area contributed by atoms with Crippen molar-refractivity contribution in [3.05, 3.63) is 70.2 Å². The Hall–Kier alpha value is -3.72. The number of aliphatic hydroxyl groups is 1. The van der Waals surface area contributed by atoms with Crippen molar-refractivity contribution in [2.75, 3.05) is 18.1 Å². The van der Waals surface area contributed by atoms with Crippen molar-refractivity contribution >= 4 is 33.9 Å². The van der Waals surface area contributed by atoms with Gasteiger partial charge in [-0.25, -0.2) is 0 Å². The summed E-state index contributed by atoms with van der Waals surface area (Å²) in [4.78, 5) is 27.4. The monoisotopic (exact) mass is 435 g/mol. The molecular weight excluding hydrogens is 418 g/mol. The van der Waals surface area contributed by atoms with Crippen molar-refractivity contribution in [1.82, 2.24) is 10.2 Å². The van der Waals surface area contributed by atoms with E-state index in [4.69, 9.17) is 9.47 Å². The van der Waals surface area contributed by atoms with E-state index in [0.717, 1.165) is 0 Å². The molecule has 9 heteroatoms. The van der Waals surface area contributed by atoms with Gasteiger partial charge in [0.2, 0.25) is 5.13 Å². The molecule has 5 rings (SSSR count). The summed E-state index contributed by atoms with van der Waals surface area (Å²) < 4.78 is 11.1. The van der Waals surface area contributed by atoms with E-state index in [9.17, 15) is 14.7 Å². The lowest BCUT2D eigenvalue weighted by Crippen LogP contribution is -2.29. The molecule has 3 aromatic rings. The van der Waals surface area contributed by atoms with E-state index in [0.29, 0.717) is 46.0 Å². The number of carbonyl (C=O) groups excluding carboxylic acids is 2. The number of anilines is 1. The molecule has 0 radical (unpaired) electrons. The maximum atomic E-state index is 13.1. The molecule has 2 aromatic carbocycles. The van der Waals surface area contributed by atoms with Gasteiger partial charge >= 0.3 is 5.91 Å². The van der Waals surface area contributed by atoms with Crippen LogP contribution in [0.2, 0.25) is 0 Å². The Balaban J connectivity index is 1.68. The molecular formula is C22H17N3O5S. The van der Waals surface area contributed by atoms with Crippen LogP contribution in [0.4, 0.5) is 5.13 Å². The van der Waals surface area contributed by atoms with Crippen LogP contribution in [0, 0.1) is 6.92 Å². The fourth-order valence-corrected chi connectivity index (χ4v) is 4.42. The number of aryl methyl sites for hydroxylation is 1. The molecule has 1 saturated heterocycles. The number of carbonyl (C=O) groups is 2. The summed E-state index contributed by atoms with van der Waals surface area (Å²) in [6, 6.07) is 13.1. The molecule has 0 saturated carbocycles. The fourth-order valence-electron chi connectivity index (χ4n) is 3.71. The predicted molar refractivity (Wildman–Crippen MR) is 113 cm³/mol. The molecule has 1 fully saturated rings. The molecule has 31 heavy (non-hydrogen) atoms. The number of aromatic nitrogens is 2. The van der Waals surface area contributed by atoms with E-state index < -0.39 is 17.7 Å². The zero-order valence-corrected chi connectivity index (χ0v) is 17.3. The second-order valence-corrected chi connectivity index (χ2v) is 8.20. The molecule has 0 bridgehead atoms. The molecule has 1 amide bonds. The van der Waals surface area contributed by atoms with Crippen molar-refractivity contribution in [1.29, 1.82) is 0 Å². The first-order valence-corrected chi connectivity index (χ1v) is 10.4. The van der Waals surface area contributed by atoms with Crippen molar-refractivity contribution in [3.8, 4) is 11.5 Å². The van der Waals surface area contributed by atoms with Gasteiger partial charge in [0.15, 0.2) is 11.5 Å².